The van der Waals surface area contributed by atoms with Crippen LogP contribution in [0.5, 0.6) is 0 Å². The summed E-state index contributed by atoms with van der Waals surface area (Å²) in [4.78, 5) is 0. The minimum absolute atomic E-state index is 0.321. The van der Waals surface area contributed by atoms with Crippen molar-refractivity contribution in [3.63, 3.8) is 0 Å². The van der Waals surface area contributed by atoms with Crippen LogP contribution < -0.4 is 5.32 Å². The van der Waals surface area contributed by atoms with Crippen LogP contribution in [0.2, 0.25) is 0 Å². The molecule has 0 saturated heterocycles. The standard InChI is InChI=1S/C10H17N3O/c1-3-11-10(8-14-2)7-9-5-4-6-12-13-9/h4-6,10-11H,3,7-8H2,1-2H3. The lowest BCUT2D eigenvalue weighted by atomic mass is 10.1. The van der Waals surface area contributed by atoms with Crippen LogP contribution >= 0.6 is 0 Å². The van der Waals surface area contributed by atoms with Crippen molar-refractivity contribution in [3.05, 3.63) is 24.0 Å². The molecule has 1 aromatic heterocycles. The Bertz CT molecular complexity index is 234. The maximum atomic E-state index is 5.12. The van der Waals surface area contributed by atoms with E-state index in [-0.39, 0.29) is 0 Å². The minimum atomic E-state index is 0.321. The van der Waals surface area contributed by atoms with Crippen LogP contribution in [0, 0.1) is 0 Å². The van der Waals surface area contributed by atoms with Gasteiger partial charge in [-0.3, -0.25) is 0 Å². The van der Waals surface area contributed by atoms with E-state index >= 15 is 0 Å². The summed E-state index contributed by atoms with van der Waals surface area (Å²) in [6.07, 6.45) is 2.54. The Labute approximate surface area is 84.7 Å². The predicted octanol–water partition coefficient (Wildman–Crippen LogP) is 0.644. The molecule has 1 N–H and O–H groups in total. The van der Waals surface area contributed by atoms with E-state index in [1.54, 1.807) is 13.3 Å². The van der Waals surface area contributed by atoms with Gasteiger partial charge in [0.25, 0.3) is 0 Å². The van der Waals surface area contributed by atoms with E-state index in [1.807, 2.05) is 12.1 Å². The van der Waals surface area contributed by atoms with Crippen LogP contribution in [0.4, 0.5) is 0 Å². The molecule has 0 aliphatic rings. The lowest BCUT2D eigenvalue weighted by Gasteiger charge is -2.15. The number of likely N-dealkylation sites (N-methyl/N-ethyl adjacent to an activating group) is 1. The van der Waals surface area contributed by atoms with Gasteiger partial charge in [0, 0.05) is 25.8 Å². The van der Waals surface area contributed by atoms with E-state index in [4.69, 9.17) is 4.74 Å². The molecular weight excluding hydrogens is 178 g/mol. The zero-order valence-corrected chi connectivity index (χ0v) is 8.73. The molecule has 14 heavy (non-hydrogen) atoms. The summed E-state index contributed by atoms with van der Waals surface area (Å²) in [7, 11) is 1.71. The molecular formula is C10H17N3O. The number of nitrogens with one attached hydrogen (secondary N) is 1. The lowest BCUT2D eigenvalue weighted by molar-refractivity contribution is 0.166. The SMILES string of the molecule is CCNC(COC)Cc1cccnn1. The maximum Gasteiger partial charge on any atom is 0.0647 e. The summed E-state index contributed by atoms with van der Waals surface area (Å²) in [5, 5.41) is 11.2. The molecule has 1 unspecified atom stereocenters. The summed E-state index contributed by atoms with van der Waals surface area (Å²) in [5.41, 5.74) is 0.996. The van der Waals surface area contributed by atoms with Crippen LogP contribution in [0.15, 0.2) is 18.3 Å². The number of hydrogen-bond acceptors (Lipinski definition) is 4. The van der Waals surface area contributed by atoms with Crippen molar-refractivity contribution in [1.29, 1.82) is 0 Å². The van der Waals surface area contributed by atoms with Gasteiger partial charge < -0.3 is 10.1 Å². The Kier molecular flexibility index (Phi) is 5.11. The first-order valence-electron chi connectivity index (χ1n) is 4.85. The third-order valence-corrected chi connectivity index (χ3v) is 1.94. The van der Waals surface area contributed by atoms with Crippen molar-refractivity contribution < 1.29 is 4.74 Å². The minimum Gasteiger partial charge on any atom is -0.383 e. The van der Waals surface area contributed by atoms with Gasteiger partial charge in [0.15, 0.2) is 0 Å². The van der Waals surface area contributed by atoms with Gasteiger partial charge in [-0.1, -0.05) is 6.92 Å². The zero-order chi connectivity index (χ0) is 10.2. The quantitative estimate of drug-likeness (QED) is 0.723. The van der Waals surface area contributed by atoms with E-state index in [9.17, 15) is 0 Å². The molecule has 1 heterocycles. The molecule has 0 amide bonds. The highest BCUT2D eigenvalue weighted by Gasteiger charge is 2.08. The highest BCUT2D eigenvalue weighted by Crippen LogP contribution is 1.98. The number of ether oxygens (including phenoxy) is 1. The number of rotatable bonds is 6. The normalized spacial score (nSPS) is 12.7. The van der Waals surface area contributed by atoms with Crippen molar-refractivity contribution >= 4 is 0 Å². The van der Waals surface area contributed by atoms with Crippen LogP contribution in [-0.4, -0.2) is 36.5 Å². The molecule has 1 rings (SSSR count). The van der Waals surface area contributed by atoms with Crippen molar-refractivity contribution in [2.24, 2.45) is 0 Å². The topological polar surface area (TPSA) is 47.0 Å². The molecule has 0 saturated carbocycles. The molecule has 0 fully saturated rings. The van der Waals surface area contributed by atoms with Gasteiger partial charge in [-0.15, -0.1) is 0 Å². The number of methoxy groups -OCH3 is 1. The van der Waals surface area contributed by atoms with Gasteiger partial charge in [-0.05, 0) is 18.7 Å². The summed E-state index contributed by atoms with van der Waals surface area (Å²) in [6.45, 7) is 3.72. The van der Waals surface area contributed by atoms with Gasteiger partial charge in [-0.25, -0.2) is 0 Å². The third kappa shape index (κ3) is 3.81. The Morgan fingerprint density at radius 1 is 1.57 bits per heavy atom. The van der Waals surface area contributed by atoms with Crippen molar-refractivity contribution in [2.45, 2.75) is 19.4 Å². The highest BCUT2D eigenvalue weighted by atomic mass is 16.5. The molecule has 0 aromatic carbocycles. The summed E-state index contributed by atoms with van der Waals surface area (Å²) >= 11 is 0. The van der Waals surface area contributed by atoms with Gasteiger partial charge >= 0.3 is 0 Å². The Balaban J connectivity index is 2.46. The molecule has 4 nitrogen and oxygen atoms in total. The van der Waals surface area contributed by atoms with E-state index in [0.29, 0.717) is 12.6 Å². The predicted molar refractivity (Wildman–Crippen MR) is 55.1 cm³/mol. The molecule has 1 aromatic rings. The van der Waals surface area contributed by atoms with E-state index in [0.717, 1.165) is 18.7 Å². The maximum absolute atomic E-state index is 5.12. The van der Waals surface area contributed by atoms with E-state index in [2.05, 4.69) is 22.4 Å². The average Bonchev–Trinajstić information content (AvgIpc) is 2.20. The summed E-state index contributed by atoms with van der Waals surface area (Å²) < 4.78 is 5.12. The molecule has 0 radical (unpaired) electrons. The van der Waals surface area contributed by atoms with E-state index < -0.39 is 0 Å². The van der Waals surface area contributed by atoms with Gasteiger partial charge in [-0.2, -0.15) is 10.2 Å². The van der Waals surface area contributed by atoms with Gasteiger partial charge in [0.1, 0.15) is 0 Å². The second-order valence-corrected chi connectivity index (χ2v) is 3.13. The largest absolute Gasteiger partial charge is 0.383 e. The Hall–Kier alpha value is -1.00. The number of hydrogen-bond donors (Lipinski definition) is 1. The first kappa shape index (κ1) is 11.1. The third-order valence-electron chi connectivity index (χ3n) is 1.94. The van der Waals surface area contributed by atoms with Crippen molar-refractivity contribution in [2.75, 3.05) is 20.3 Å². The first-order valence-corrected chi connectivity index (χ1v) is 4.85. The van der Waals surface area contributed by atoms with Gasteiger partial charge in [0.2, 0.25) is 0 Å². The fraction of sp³-hybridized carbons (Fsp3) is 0.600. The second-order valence-electron chi connectivity index (χ2n) is 3.13. The Morgan fingerprint density at radius 3 is 3.00 bits per heavy atom. The Morgan fingerprint density at radius 2 is 2.43 bits per heavy atom. The van der Waals surface area contributed by atoms with Crippen LogP contribution in [0.25, 0.3) is 0 Å². The highest BCUT2D eigenvalue weighted by molar-refractivity contribution is 5.01. The smallest absolute Gasteiger partial charge is 0.0647 e. The van der Waals surface area contributed by atoms with E-state index in [1.165, 1.54) is 0 Å². The lowest BCUT2D eigenvalue weighted by Crippen LogP contribution is -2.35. The fourth-order valence-corrected chi connectivity index (χ4v) is 1.37. The van der Waals surface area contributed by atoms with Crippen molar-refractivity contribution in [1.82, 2.24) is 15.5 Å². The monoisotopic (exact) mass is 195 g/mol. The first-order chi connectivity index (χ1) is 6.86. The number of nitrogens with zero attached hydrogens (tertiary/aromatic N) is 2. The zero-order valence-electron chi connectivity index (χ0n) is 8.73. The van der Waals surface area contributed by atoms with Gasteiger partial charge in [0.05, 0.1) is 12.3 Å². The summed E-state index contributed by atoms with van der Waals surface area (Å²) in [6, 6.07) is 4.20. The average molecular weight is 195 g/mol. The van der Waals surface area contributed by atoms with Crippen LogP contribution in [-0.2, 0) is 11.2 Å². The van der Waals surface area contributed by atoms with Crippen molar-refractivity contribution in [3.8, 4) is 0 Å². The molecule has 0 bridgehead atoms. The fourth-order valence-electron chi connectivity index (χ4n) is 1.37. The molecule has 0 aliphatic heterocycles. The molecule has 1 atom stereocenters. The summed E-state index contributed by atoms with van der Waals surface area (Å²) in [5.74, 6) is 0. The van der Waals surface area contributed by atoms with Crippen LogP contribution in [0.3, 0.4) is 0 Å². The molecule has 78 valence electrons. The second kappa shape index (κ2) is 6.45. The molecule has 0 spiro atoms. The molecule has 0 aliphatic carbocycles. The van der Waals surface area contributed by atoms with Crippen LogP contribution in [0.1, 0.15) is 12.6 Å². The number of aromatic nitrogens is 2. The molecule has 4 heteroatoms.